The summed E-state index contributed by atoms with van der Waals surface area (Å²) < 4.78 is 6.88. The Hall–Kier alpha value is -0.791. The van der Waals surface area contributed by atoms with E-state index in [4.69, 9.17) is 4.74 Å². The fraction of sp³-hybridized carbons (Fsp3) is 0.500. The Balaban J connectivity index is 1.95. The van der Waals surface area contributed by atoms with Gasteiger partial charge in [0.05, 0.1) is 0 Å². The first-order valence-electron chi connectivity index (χ1n) is 6.20. The number of fused-ring (bicyclic) bond motifs is 1. The fourth-order valence-corrected chi connectivity index (χ4v) is 6.04. The summed E-state index contributed by atoms with van der Waals surface area (Å²) in [5, 5.41) is 0. The number of ether oxygens (including phenoxy) is 1. The van der Waals surface area contributed by atoms with Crippen molar-refractivity contribution in [3.05, 3.63) is 29.8 Å². The topological polar surface area (TPSA) is 26.3 Å². The van der Waals surface area contributed by atoms with Crippen LogP contribution in [-0.2, 0) is 4.74 Å². The van der Waals surface area contributed by atoms with Gasteiger partial charge in [-0.1, -0.05) is 0 Å². The molecule has 1 fully saturated rings. The van der Waals surface area contributed by atoms with Crippen LogP contribution >= 0.6 is 0 Å². The maximum absolute atomic E-state index is 12.1. The summed E-state index contributed by atoms with van der Waals surface area (Å²) in [5.41, 5.74) is 0.788. The van der Waals surface area contributed by atoms with Gasteiger partial charge in [0.15, 0.2) is 0 Å². The van der Waals surface area contributed by atoms with Crippen LogP contribution in [0.4, 0.5) is 0 Å². The van der Waals surface area contributed by atoms with E-state index in [2.05, 4.69) is 13.0 Å². The molecule has 90 valence electrons. The normalized spacial score (nSPS) is 32.1. The zero-order valence-corrected chi connectivity index (χ0v) is 11.7. The average molecular weight is 295 g/mol. The fourth-order valence-electron chi connectivity index (χ4n) is 2.81. The molecule has 2 unspecified atom stereocenters. The van der Waals surface area contributed by atoms with Crippen LogP contribution in [0.2, 0.25) is 0 Å². The number of rotatable bonds is 0. The minimum atomic E-state index is -0.143. The van der Waals surface area contributed by atoms with Crippen LogP contribution in [0.25, 0.3) is 0 Å². The Morgan fingerprint density at radius 1 is 1.41 bits per heavy atom. The van der Waals surface area contributed by atoms with Crippen LogP contribution in [0.15, 0.2) is 24.3 Å². The zero-order chi connectivity index (χ0) is 11.9. The van der Waals surface area contributed by atoms with Crippen molar-refractivity contribution in [1.82, 2.24) is 0 Å². The number of esters is 1. The van der Waals surface area contributed by atoms with Crippen molar-refractivity contribution >= 4 is 25.4 Å². The zero-order valence-electron chi connectivity index (χ0n) is 9.94. The molecular formula is C14H16O2Se. The third-order valence-electron chi connectivity index (χ3n) is 3.60. The molecule has 3 heteroatoms. The van der Waals surface area contributed by atoms with Crippen LogP contribution in [0.3, 0.4) is 0 Å². The first-order chi connectivity index (χ1) is 8.19. The quantitative estimate of drug-likeness (QED) is 0.541. The van der Waals surface area contributed by atoms with E-state index >= 15 is 0 Å². The van der Waals surface area contributed by atoms with Gasteiger partial charge < -0.3 is 0 Å². The van der Waals surface area contributed by atoms with Crippen molar-refractivity contribution in [3.8, 4) is 0 Å². The summed E-state index contributed by atoms with van der Waals surface area (Å²) >= 11 is 0.270. The van der Waals surface area contributed by atoms with E-state index < -0.39 is 0 Å². The van der Waals surface area contributed by atoms with Gasteiger partial charge in [-0.25, -0.2) is 0 Å². The predicted molar refractivity (Wildman–Crippen MR) is 67.6 cm³/mol. The van der Waals surface area contributed by atoms with E-state index in [1.165, 1.54) is 17.3 Å². The molecule has 17 heavy (non-hydrogen) atoms. The molecule has 2 nitrogen and oxygen atoms in total. The Kier molecular flexibility index (Phi) is 2.76. The van der Waals surface area contributed by atoms with Crippen molar-refractivity contribution in [1.29, 1.82) is 0 Å². The van der Waals surface area contributed by atoms with Gasteiger partial charge in [-0.2, -0.15) is 0 Å². The van der Waals surface area contributed by atoms with E-state index in [9.17, 15) is 4.79 Å². The molecule has 0 saturated heterocycles. The summed E-state index contributed by atoms with van der Waals surface area (Å²) in [5.74, 6) is 0.575. The van der Waals surface area contributed by atoms with Crippen molar-refractivity contribution in [2.75, 3.05) is 0 Å². The van der Waals surface area contributed by atoms with E-state index in [0.29, 0.717) is 5.92 Å². The number of carbonyl (C=O) groups excluding carboxylic acids is 1. The van der Waals surface area contributed by atoms with Crippen LogP contribution in [0.1, 0.15) is 43.0 Å². The average Bonchev–Trinajstić information content (AvgIpc) is 2.28. The first-order valence-corrected chi connectivity index (χ1v) is 7.91. The van der Waals surface area contributed by atoms with Crippen molar-refractivity contribution in [2.24, 2.45) is 5.92 Å². The Morgan fingerprint density at radius 2 is 2.24 bits per heavy atom. The maximum atomic E-state index is 12.1. The molecule has 0 radical (unpaired) electrons. The third kappa shape index (κ3) is 2.02. The van der Waals surface area contributed by atoms with Gasteiger partial charge in [0.2, 0.25) is 0 Å². The van der Waals surface area contributed by atoms with Crippen LogP contribution in [-0.4, -0.2) is 25.4 Å². The second-order valence-electron chi connectivity index (χ2n) is 5.10. The summed E-state index contributed by atoms with van der Waals surface area (Å²) in [6.45, 7) is 2.27. The van der Waals surface area contributed by atoms with Crippen LogP contribution in [0, 0.1) is 5.92 Å². The second kappa shape index (κ2) is 4.15. The molecule has 0 amide bonds. The minimum absolute atomic E-state index is 0.108. The van der Waals surface area contributed by atoms with Crippen molar-refractivity contribution in [3.63, 3.8) is 0 Å². The summed E-state index contributed by atoms with van der Waals surface area (Å²) in [7, 11) is 0. The molecule has 2 aliphatic rings. The molecule has 2 atom stereocenters. The SMILES string of the molecule is CC1CCCC2(C1)OC(=O)c1ccccc1[Se]2. The molecule has 1 saturated carbocycles. The molecule has 3 rings (SSSR count). The predicted octanol–water partition coefficient (Wildman–Crippen LogP) is 2.09. The Labute approximate surface area is 108 Å². The second-order valence-corrected chi connectivity index (χ2v) is 8.01. The summed E-state index contributed by atoms with van der Waals surface area (Å²) in [6.07, 6.45) is 4.57. The molecule has 0 aromatic heterocycles. The third-order valence-corrected chi connectivity index (χ3v) is 6.54. The van der Waals surface area contributed by atoms with E-state index in [1.807, 2.05) is 18.2 Å². The van der Waals surface area contributed by atoms with Gasteiger partial charge in [-0.05, 0) is 0 Å². The summed E-state index contributed by atoms with van der Waals surface area (Å²) in [6, 6.07) is 7.92. The molecule has 1 aliphatic heterocycles. The van der Waals surface area contributed by atoms with E-state index in [-0.39, 0.29) is 25.4 Å². The molecule has 0 bridgehead atoms. The molecule has 1 aliphatic carbocycles. The number of hydrogen-bond donors (Lipinski definition) is 0. The van der Waals surface area contributed by atoms with Crippen molar-refractivity contribution in [2.45, 2.75) is 37.1 Å². The van der Waals surface area contributed by atoms with Gasteiger partial charge in [0.25, 0.3) is 0 Å². The van der Waals surface area contributed by atoms with Gasteiger partial charge in [0.1, 0.15) is 0 Å². The Morgan fingerprint density at radius 3 is 3.06 bits per heavy atom. The monoisotopic (exact) mass is 296 g/mol. The Bertz CT molecular complexity index is 457. The number of benzene rings is 1. The first kappa shape index (κ1) is 11.3. The van der Waals surface area contributed by atoms with Crippen molar-refractivity contribution < 1.29 is 9.53 Å². The van der Waals surface area contributed by atoms with Crippen LogP contribution < -0.4 is 4.46 Å². The number of hydrogen-bond acceptors (Lipinski definition) is 2. The molecule has 1 spiro atoms. The van der Waals surface area contributed by atoms with Gasteiger partial charge in [0, 0.05) is 0 Å². The van der Waals surface area contributed by atoms with Gasteiger partial charge in [-0.3, -0.25) is 0 Å². The van der Waals surface area contributed by atoms with Gasteiger partial charge >= 0.3 is 108 Å². The molecule has 1 aromatic carbocycles. The van der Waals surface area contributed by atoms with Crippen LogP contribution in [0.5, 0.6) is 0 Å². The summed E-state index contributed by atoms with van der Waals surface area (Å²) in [4.78, 5) is 12.1. The molecule has 0 N–H and O–H groups in total. The molecule has 1 heterocycles. The molecular weight excluding hydrogens is 279 g/mol. The molecule has 1 aromatic rings. The number of carbonyl (C=O) groups is 1. The van der Waals surface area contributed by atoms with E-state index in [1.54, 1.807) is 0 Å². The van der Waals surface area contributed by atoms with Gasteiger partial charge in [-0.15, -0.1) is 0 Å². The van der Waals surface area contributed by atoms with E-state index in [0.717, 1.165) is 18.4 Å². The standard InChI is InChI=1S/C14H16O2Se/c1-10-5-4-8-14(9-10)16-13(15)11-6-2-3-7-12(11)17-14/h2-3,6-7,10H,4-5,8-9H2,1H3.